The van der Waals surface area contributed by atoms with Gasteiger partial charge in [-0.1, -0.05) is 51.6 Å². The third-order valence-electron chi connectivity index (χ3n) is 6.72. The van der Waals surface area contributed by atoms with Crippen molar-refractivity contribution in [2.75, 3.05) is 18.5 Å². The van der Waals surface area contributed by atoms with Gasteiger partial charge < -0.3 is 15.4 Å². The van der Waals surface area contributed by atoms with Gasteiger partial charge in [-0.25, -0.2) is 9.07 Å². The Morgan fingerprint density at radius 3 is 2.66 bits per heavy atom. The van der Waals surface area contributed by atoms with Crippen LogP contribution < -0.4 is 16.2 Å². The van der Waals surface area contributed by atoms with Gasteiger partial charge in [0.2, 0.25) is 0 Å². The van der Waals surface area contributed by atoms with Gasteiger partial charge in [-0.15, -0.1) is 0 Å². The normalized spacial score (nSPS) is 19.2. The highest BCUT2D eigenvalue weighted by Crippen LogP contribution is 2.35. The van der Waals surface area contributed by atoms with Crippen molar-refractivity contribution in [2.45, 2.75) is 103 Å². The Bertz CT molecular complexity index is 973. The highest BCUT2D eigenvalue weighted by atomic mass is 28.3. The molecule has 11 heteroatoms. The predicted octanol–water partition coefficient (Wildman–Crippen LogP) is 7.08. The van der Waals surface area contributed by atoms with Crippen LogP contribution in [0.15, 0.2) is 35.2 Å². The van der Waals surface area contributed by atoms with E-state index >= 15 is 0 Å². The lowest BCUT2D eigenvalue weighted by Crippen LogP contribution is -2.37. The molecule has 0 bridgehead atoms. The molecule has 2 rings (SSSR count). The first-order valence-electron chi connectivity index (χ1n) is 13.7. The molecule has 1 heterocycles. The van der Waals surface area contributed by atoms with Crippen LogP contribution >= 0.6 is 0 Å². The Kier molecular flexibility index (Phi) is 13.0. The third kappa shape index (κ3) is 11.3. The van der Waals surface area contributed by atoms with Crippen LogP contribution in [0.5, 0.6) is 0 Å². The van der Waals surface area contributed by atoms with Crippen molar-refractivity contribution in [2.24, 2.45) is 5.92 Å². The van der Waals surface area contributed by atoms with Crippen LogP contribution in [0.4, 0.5) is 23.2 Å². The summed E-state index contributed by atoms with van der Waals surface area (Å²) in [7, 11) is -1.36. The van der Waals surface area contributed by atoms with E-state index in [1.54, 1.807) is 13.0 Å². The lowest BCUT2D eigenvalue weighted by molar-refractivity contribution is -0.138. The molecule has 0 aromatic carbocycles. The van der Waals surface area contributed by atoms with E-state index in [1.165, 1.54) is 0 Å². The van der Waals surface area contributed by atoms with Gasteiger partial charge in [-0.2, -0.15) is 18.3 Å². The zero-order valence-electron chi connectivity index (χ0n) is 23.2. The van der Waals surface area contributed by atoms with Crippen molar-refractivity contribution in [3.63, 3.8) is 0 Å². The quantitative estimate of drug-likeness (QED) is 0.136. The number of rotatable bonds is 15. The Morgan fingerprint density at radius 1 is 1.24 bits per heavy atom. The monoisotopic (exact) mass is 560 g/mol. The molecule has 1 fully saturated rings. The maximum atomic E-state index is 14.0. The van der Waals surface area contributed by atoms with Crippen molar-refractivity contribution < 1.29 is 22.3 Å². The highest BCUT2D eigenvalue weighted by Gasteiger charge is 2.39. The standard InChI is InChI=1S/C27H44F4N4O2Si/c1-5-22(28)12-7-6-10-15-32-16-14-21-11-8-9-13-23(21)34-24-19-33-35(20-37-17-18-38(2,3)4)26(36)25(24)27(29,30)31/h10,12,15,19,21,23,32,34H,5-9,11,13-14,16-18,20H2,1-4H3/b15-10-,22-12+/t21-,23+/m1/s1. The van der Waals surface area contributed by atoms with E-state index in [0.717, 1.165) is 55.4 Å². The molecule has 2 N–H and O–H groups in total. The number of hydrogen-bond donors (Lipinski definition) is 2. The Morgan fingerprint density at radius 2 is 1.97 bits per heavy atom. The predicted molar refractivity (Wildman–Crippen MR) is 147 cm³/mol. The number of nitrogens with one attached hydrogen (secondary N) is 2. The van der Waals surface area contributed by atoms with Crippen molar-refractivity contribution >= 4 is 13.8 Å². The summed E-state index contributed by atoms with van der Waals surface area (Å²) in [6.45, 7) is 9.05. The number of aromatic nitrogens is 2. The van der Waals surface area contributed by atoms with Crippen molar-refractivity contribution in [1.82, 2.24) is 15.1 Å². The molecule has 1 aliphatic rings. The van der Waals surface area contributed by atoms with Crippen molar-refractivity contribution in [3.8, 4) is 0 Å². The molecule has 0 amide bonds. The molecule has 0 unspecified atom stereocenters. The number of hydrogen-bond acceptors (Lipinski definition) is 5. The second kappa shape index (κ2) is 15.4. The average Bonchev–Trinajstić information content (AvgIpc) is 2.83. The number of nitrogens with zero attached hydrogens (tertiary/aromatic N) is 2. The van der Waals surface area contributed by atoms with Crippen LogP contribution in [0.1, 0.15) is 63.9 Å². The maximum absolute atomic E-state index is 14.0. The fourth-order valence-electron chi connectivity index (χ4n) is 4.44. The molecular formula is C27H44F4N4O2Si. The minimum atomic E-state index is -4.81. The number of unbranched alkanes of at least 4 members (excludes halogenated alkanes) is 1. The van der Waals surface area contributed by atoms with Gasteiger partial charge in [-0.05, 0) is 56.7 Å². The maximum Gasteiger partial charge on any atom is 0.423 e. The first-order valence-corrected chi connectivity index (χ1v) is 17.4. The number of anilines is 1. The topological polar surface area (TPSA) is 68.2 Å². The minimum absolute atomic E-state index is 0.103. The Hall–Kier alpha value is -2.14. The Labute approximate surface area is 224 Å². The zero-order chi connectivity index (χ0) is 28.2. The third-order valence-corrected chi connectivity index (χ3v) is 8.42. The molecule has 1 saturated carbocycles. The van der Waals surface area contributed by atoms with Gasteiger partial charge in [0.05, 0.1) is 17.7 Å². The Balaban J connectivity index is 2.00. The molecule has 1 aromatic heterocycles. The van der Waals surface area contributed by atoms with E-state index in [0.29, 0.717) is 26.0 Å². The van der Waals surface area contributed by atoms with E-state index in [1.807, 2.05) is 12.3 Å². The van der Waals surface area contributed by atoms with Crippen molar-refractivity contribution in [1.29, 1.82) is 0 Å². The summed E-state index contributed by atoms with van der Waals surface area (Å²) < 4.78 is 61.2. The summed E-state index contributed by atoms with van der Waals surface area (Å²) in [5, 5.41) is 10.2. The highest BCUT2D eigenvalue weighted by molar-refractivity contribution is 6.76. The van der Waals surface area contributed by atoms with Crippen molar-refractivity contribution in [3.05, 3.63) is 46.3 Å². The molecule has 216 valence electrons. The van der Waals surface area contributed by atoms with Crippen LogP contribution in [0, 0.1) is 5.92 Å². The summed E-state index contributed by atoms with van der Waals surface area (Å²) in [6, 6.07) is 0.667. The lowest BCUT2D eigenvalue weighted by atomic mass is 9.82. The lowest BCUT2D eigenvalue weighted by Gasteiger charge is -2.33. The summed E-state index contributed by atoms with van der Waals surface area (Å²) >= 11 is 0. The van der Waals surface area contributed by atoms with Gasteiger partial charge >= 0.3 is 6.18 Å². The number of alkyl halides is 3. The summed E-state index contributed by atoms with van der Waals surface area (Å²) in [5.74, 6) is 0.0638. The first-order chi connectivity index (χ1) is 17.9. The number of halogens is 4. The van der Waals surface area contributed by atoms with E-state index < -0.39 is 25.4 Å². The first kappa shape index (κ1) is 32.1. The fourth-order valence-corrected chi connectivity index (χ4v) is 5.19. The second-order valence-electron chi connectivity index (χ2n) is 11.1. The summed E-state index contributed by atoms with van der Waals surface area (Å²) in [6.07, 6.45) is 7.82. The molecule has 38 heavy (non-hydrogen) atoms. The fraction of sp³-hybridized carbons (Fsp3) is 0.704. The molecule has 1 aromatic rings. The minimum Gasteiger partial charge on any atom is -0.391 e. The van der Waals surface area contributed by atoms with Gasteiger partial charge in [0, 0.05) is 27.3 Å². The molecule has 0 saturated heterocycles. The van der Waals surface area contributed by atoms with Gasteiger partial charge in [0.15, 0.2) is 0 Å². The van der Waals surface area contributed by atoms with Crippen LogP contribution in [0.2, 0.25) is 25.7 Å². The number of allylic oxidation sites excluding steroid dienone is 3. The van der Waals surface area contributed by atoms with Gasteiger partial charge in [0.25, 0.3) is 5.56 Å². The van der Waals surface area contributed by atoms with Gasteiger partial charge in [0.1, 0.15) is 12.3 Å². The van der Waals surface area contributed by atoms with E-state index in [-0.39, 0.29) is 30.2 Å². The molecule has 1 aliphatic carbocycles. The van der Waals surface area contributed by atoms with Crippen LogP contribution in [0.25, 0.3) is 0 Å². The van der Waals surface area contributed by atoms with Crippen LogP contribution in [0.3, 0.4) is 0 Å². The zero-order valence-corrected chi connectivity index (χ0v) is 24.2. The molecule has 0 radical (unpaired) electrons. The summed E-state index contributed by atoms with van der Waals surface area (Å²) in [4.78, 5) is 12.8. The van der Waals surface area contributed by atoms with E-state index in [2.05, 4.69) is 35.4 Å². The molecule has 0 spiro atoms. The van der Waals surface area contributed by atoms with Gasteiger partial charge in [-0.3, -0.25) is 4.79 Å². The van der Waals surface area contributed by atoms with Crippen LogP contribution in [-0.4, -0.2) is 37.0 Å². The number of ether oxygens (including phenoxy) is 1. The molecule has 2 atom stereocenters. The summed E-state index contributed by atoms with van der Waals surface area (Å²) in [5.41, 5.74) is -2.68. The second-order valence-corrected chi connectivity index (χ2v) is 16.7. The molecule has 6 nitrogen and oxygen atoms in total. The molecular weight excluding hydrogens is 516 g/mol. The smallest absolute Gasteiger partial charge is 0.391 e. The molecule has 0 aliphatic heterocycles. The SMILES string of the molecule is CC/C(F)=C\CC/C=C\NCC[C@H]1CCCC[C@@H]1Nc1cnn(COCC[Si](C)(C)C)c(=O)c1C(F)(F)F. The average molecular weight is 561 g/mol. The van der Waals surface area contributed by atoms with Crippen LogP contribution in [-0.2, 0) is 17.6 Å². The largest absolute Gasteiger partial charge is 0.423 e. The van der Waals surface area contributed by atoms with E-state index in [4.69, 9.17) is 4.74 Å². The van der Waals surface area contributed by atoms with E-state index in [9.17, 15) is 22.4 Å².